The normalized spacial score (nSPS) is 37.9. The van der Waals surface area contributed by atoms with Crippen LogP contribution in [-0.4, -0.2) is 77.4 Å². The minimum absolute atomic E-state index is 0.419. The van der Waals surface area contributed by atoms with Gasteiger partial charge in [0.25, 0.3) is 5.85 Å². The van der Waals surface area contributed by atoms with Crippen LogP contribution < -0.4 is 5.32 Å². The van der Waals surface area contributed by atoms with Crippen LogP contribution in [0.25, 0.3) is 0 Å². The zero-order valence-electron chi connectivity index (χ0n) is 15.1. The lowest BCUT2D eigenvalue weighted by Crippen LogP contribution is -2.56. The number of aliphatic hydroxyl groups excluding tert-OH is 2. The number of nitrogens with one attached hydrogen (secondary N) is 1. The second-order valence-electron chi connectivity index (χ2n) is 6.32. The Morgan fingerprint density at radius 1 is 1.16 bits per heavy atom. The third-order valence-corrected chi connectivity index (χ3v) is 7.54. The molecule has 2 amide bonds. The first-order chi connectivity index (χ1) is 13.8. The molecule has 0 saturated carbocycles. The first-order valence-electron chi connectivity index (χ1n) is 7.75. The van der Waals surface area contributed by atoms with Gasteiger partial charge in [0.1, 0.15) is 12.8 Å². The smallest absolute Gasteiger partial charge is 0.384 e. The van der Waals surface area contributed by atoms with E-state index in [1.54, 1.807) is 0 Å². The van der Waals surface area contributed by atoms with E-state index in [1.165, 1.54) is 0 Å². The number of hydrogen-bond donors (Lipinski definition) is 7. The van der Waals surface area contributed by atoms with Crippen molar-refractivity contribution in [2.45, 2.75) is 37.0 Å². The van der Waals surface area contributed by atoms with Gasteiger partial charge in [0.2, 0.25) is 0 Å². The van der Waals surface area contributed by atoms with Gasteiger partial charge in [-0.2, -0.15) is 8.62 Å². The quantitative estimate of drug-likeness (QED) is 0.196. The molecule has 0 aromatic carbocycles. The van der Waals surface area contributed by atoms with Crippen LogP contribution in [0.15, 0.2) is 12.3 Å². The van der Waals surface area contributed by atoms with Gasteiger partial charge in [0, 0.05) is 6.20 Å². The zero-order valence-corrected chi connectivity index (χ0v) is 17.8. The number of ether oxygens (including phenoxy) is 1. The monoisotopic (exact) mass is 520 g/mol. The SMILES string of the molecule is C[C@]1(F)[C@H](N2C=CC(O)NC2=O)O[C@](F)(COP(=O)(O)OP(=O)(O)OP(=O)(O)O)[C@H]1O. The summed E-state index contributed by atoms with van der Waals surface area (Å²) in [6.07, 6.45) is -4.63. The fourth-order valence-electron chi connectivity index (χ4n) is 2.51. The number of phosphoric ester groups is 1. The maximum absolute atomic E-state index is 15.0. The number of alkyl halides is 2. The highest BCUT2D eigenvalue weighted by Crippen LogP contribution is 2.66. The Morgan fingerprint density at radius 3 is 2.26 bits per heavy atom. The second-order valence-corrected chi connectivity index (χ2v) is 10.7. The van der Waals surface area contributed by atoms with E-state index in [9.17, 15) is 38.0 Å². The fraction of sp³-hybridized carbons (Fsp3) is 0.700. The van der Waals surface area contributed by atoms with Crippen molar-refractivity contribution >= 4 is 29.5 Å². The molecule has 0 bridgehead atoms. The van der Waals surface area contributed by atoms with Gasteiger partial charge in [-0.15, -0.1) is 0 Å². The van der Waals surface area contributed by atoms with E-state index in [1.807, 2.05) is 5.32 Å². The van der Waals surface area contributed by atoms with E-state index in [4.69, 9.17) is 14.7 Å². The van der Waals surface area contributed by atoms with E-state index >= 15 is 4.39 Å². The van der Waals surface area contributed by atoms with Crippen LogP contribution >= 0.6 is 23.5 Å². The molecule has 2 rings (SSSR count). The molecule has 31 heavy (non-hydrogen) atoms. The minimum Gasteiger partial charge on any atom is -0.384 e. The van der Waals surface area contributed by atoms with Gasteiger partial charge < -0.3 is 39.8 Å². The first kappa shape index (κ1) is 26.4. The van der Waals surface area contributed by atoms with Crippen LogP contribution in [0.4, 0.5) is 13.6 Å². The van der Waals surface area contributed by atoms with Crippen molar-refractivity contribution in [1.82, 2.24) is 10.2 Å². The van der Waals surface area contributed by atoms with Crippen molar-refractivity contribution in [1.29, 1.82) is 0 Å². The number of amides is 2. The van der Waals surface area contributed by atoms with E-state index in [-0.39, 0.29) is 0 Å². The average molecular weight is 520 g/mol. The Hall–Kier alpha value is -0.840. The van der Waals surface area contributed by atoms with Crippen molar-refractivity contribution < 1.29 is 74.9 Å². The van der Waals surface area contributed by atoms with E-state index in [0.29, 0.717) is 11.8 Å². The Morgan fingerprint density at radius 2 is 1.74 bits per heavy atom. The van der Waals surface area contributed by atoms with Gasteiger partial charge in [0.05, 0.1) is 0 Å². The number of urea groups is 1. The molecule has 180 valence electrons. The molecule has 0 radical (unpaired) electrons. The van der Waals surface area contributed by atoms with Crippen LogP contribution in [0.1, 0.15) is 6.92 Å². The van der Waals surface area contributed by atoms with Gasteiger partial charge in [0.15, 0.2) is 18.0 Å². The number of carbonyl (C=O) groups excluding carboxylic acids is 1. The summed E-state index contributed by atoms with van der Waals surface area (Å²) in [7, 11) is -17.4. The molecule has 7 N–H and O–H groups in total. The highest BCUT2D eigenvalue weighted by Gasteiger charge is 2.66. The number of carbonyl (C=O) groups is 1. The predicted octanol–water partition coefficient (Wildman–Crippen LogP) is -0.702. The lowest BCUT2D eigenvalue weighted by molar-refractivity contribution is -0.205. The molecule has 0 spiro atoms. The summed E-state index contributed by atoms with van der Waals surface area (Å²) in [5, 5.41) is 21.1. The van der Waals surface area contributed by atoms with Gasteiger partial charge in [-0.3, -0.25) is 9.42 Å². The van der Waals surface area contributed by atoms with Crippen molar-refractivity contribution in [2.24, 2.45) is 0 Å². The molecule has 16 nitrogen and oxygen atoms in total. The Labute approximate surface area is 171 Å². The van der Waals surface area contributed by atoms with Crippen LogP contribution in [0.2, 0.25) is 0 Å². The highest BCUT2D eigenvalue weighted by atomic mass is 31.3. The highest BCUT2D eigenvalue weighted by molar-refractivity contribution is 7.66. The number of halogens is 2. The molecule has 21 heteroatoms. The maximum Gasteiger partial charge on any atom is 0.490 e. The summed E-state index contributed by atoms with van der Waals surface area (Å²) in [6, 6.07) is -1.16. The molecule has 0 aliphatic carbocycles. The molecule has 0 aromatic rings. The molecular weight excluding hydrogens is 503 g/mol. The maximum atomic E-state index is 15.0. The largest absolute Gasteiger partial charge is 0.490 e. The Bertz CT molecular complexity index is 896. The Balaban J connectivity index is 2.15. The number of phosphoric acid groups is 3. The van der Waals surface area contributed by atoms with E-state index in [0.717, 1.165) is 12.3 Å². The average Bonchev–Trinajstić information content (AvgIpc) is 2.71. The van der Waals surface area contributed by atoms with Crippen molar-refractivity contribution in [3.05, 3.63) is 12.3 Å². The molecule has 2 heterocycles. The van der Waals surface area contributed by atoms with Crippen molar-refractivity contribution in [3.8, 4) is 0 Å². The molecule has 3 unspecified atom stereocenters. The molecule has 1 fully saturated rings. The van der Waals surface area contributed by atoms with Crippen LogP contribution in [0.5, 0.6) is 0 Å². The first-order valence-corrected chi connectivity index (χ1v) is 12.3. The number of aliphatic hydroxyl groups is 2. The number of hydrogen-bond acceptors (Lipinski definition) is 10. The van der Waals surface area contributed by atoms with Crippen LogP contribution in [0, 0.1) is 0 Å². The topological polar surface area (TPSA) is 242 Å². The number of nitrogens with zero attached hydrogens (tertiary/aromatic N) is 1. The molecule has 2 aliphatic heterocycles. The summed E-state index contributed by atoms with van der Waals surface area (Å²) < 4.78 is 79.0. The summed E-state index contributed by atoms with van der Waals surface area (Å²) in [5.74, 6) is -3.64. The summed E-state index contributed by atoms with van der Waals surface area (Å²) in [4.78, 5) is 47.5. The molecule has 1 saturated heterocycles. The summed E-state index contributed by atoms with van der Waals surface area (Å²) >= 11 is 0. The third kappa shape index (κ3) is 6.36. The van der Waals surface area contributed by atoms with Crippen molar-refractivity contribution in [2.75, 3.05) is 6.61 Å². The van der Waals surface area contributed by atoms with Crippen molar-refractivity contribution in [3.63, 3.8) is 0 Å². The van der Waals surface area contributed by atoms with E-state index < -0.39 is 66.2 Å². The molecule has 7 atom stereocenters. The lowest BCUT2D eigenvalue weighted by Gasteiger charge is -2.34. The van der Waals surface area contributed by atoms with Gasteiger partial charge in [-0.05, 0) is 13.0 Å². The van der Waals surface area contributed by atoms with E-state index in [2.05, 4.69) is 17.9 Å². The third-order valence-electron chi connectivity index (χ3n) is 3.76. The minimum atomic E-state index is -5.90. The Kier molecular flexibility index (Phi) is 7.24. The van der Waals surface area contributed by atoms with Crippen LogP contribution in [-0.2, 0) is 31.6 Å². The molecular formula is C10H17F2N2O14P3. The summed E-state index contributed by atoms with van der Waals surface area (Å²) in [5.41, 5.74) is -3.06. The second kappa shape index (κ2) is 8.50. The number of rotatable bonds is 8. The zero-order chi connectivity index (χ0) is 24.0. The molecule has 0 aromatic heterocycles. The predicted molar refractivity (Wildman–Crippen MR) is 89.6 cm³/mol. The standard InChI is InChI=1S/C10H17F2N2O14P3/c1-9(11)6(16)10(12,26-7(9)14-3-2-5(15)13-8(14)17)4-25-30(21,22)28-31(23,24)27-29(18,19)20/h2-3,5-7,15-16H,4H2,1H3,(H,13,17)(H,21,22)(H,23,24)(H2,18,19,20)/t5?,6-,7+,9+,10+/m0/s1. The van der Waals surface area contributed by atoms with Crippen LogP contribution in [0.3, 0.4) is 0 Å². The fourth-order valence-corrected chi connectivity index (χ4v) is 5.55. The molecule has 2 aliphatic rings. The van der Waals surface area contributed by atoms with Gasteiger partial charge >= 0.3 is 29.5 Å². The van der Waals surface area contributed by atoms with Gasteiger partial charge in [-0.1, -0.05) is 0 Å². The van der Waals surface area contributed by atoms with Gasteiger partial charge in [-0.25, -0.2) is 27.3 Å². The summed E-state index contributed by atoms with van der Waals surface area (Å²) in [6.45, 7) is -1.21. The lowest BCUT2D eigenvalue weighted by atomic mass is 9.97.